The van der Waals surface area contributed by atoms with Crippen LogP contribution in [0.15, 0.2) is 29.3 Å². The maximum atomic E-state index is 4.18. The lowest BCUT2D eigenvalue weighted by atomic mass is 10.2. The van der Waals surface area contributed by atoms with Crippen LogP contribution in [0.1, 0.15) is 19.4 Å². The molecular formula is C14H25IN4. The van der Waals surface area contributed by atoms with Crippen molar-refractivity contribution in [2.24, 2.45) is 4.99 Å². The van der Waals surface area contributed by atoms with Gasteiger partial charge in [0, 0.05) is 39.4 Å². The summed E-state index contributed by atoms with van der Waals surface area (Å²) in [6.45, 7) is 4.97. The number of anilines is 1. The highest BCUT2D eigenvalue weighted by Crippen LogP contribution is 2.11. The van der Waals surface area contributed by atoms with Gasteiger partial charge in [0.2, 0.25) is 0 Å². The Hall–Kier alpha value is -0.980. The van der Waals surface area contributed by atoms with Crippen molar-refractivity contribution in [3.8, 4) is 0 Å². The van der Waals surface area contributed by atoms with Gasteiger partial charge in [-0.3, -0.25) is 4.99 Å². The normalized spacial score (nSPS) is 10.9. The van der Waals surface area contributed by atoms with E-state index < -0.39 is 0 Å². The number of nitrogens with one attached hydrogen (secondary N) is 2. The Morgan fingerprint density at radius 2 is 1.79 bits per heavy atom. The lowest BCUT2D eigenvalue weighted by molar-refractivity contribution is 0.699. The summed E-state index contributed by atoms with van der Waals surface area (Å²) in [5.74, 6) is 0.835. The van der Waals surface area contributed by atoms with Gasteiger partial charge in [-0.15, -0.1) is 24.0 Å². The summed E-state index contributed by atoms with van der Waals surface area (Å²) in [7, 11) is 5.87. The Balaban J connectivity index is 0.00000324. The minimum atomic E-state index is 0. The van der Waals surface area contributed by atoms with E-state index in [9.17, 15) is 0 Å². The van der Waals surface area contributed by atoms with Gasteiger partial charge < -0.3 is 15.5 Å². The van der Waals surface area contributed by atoms with Crippen molar-refractivity contribution in [1.82, 2.24) is 10.6 Å². The lowest BCUT2D eigenvalue weighted by Gasteiger charge is -2.15. The van der Waals surface area contributed by atoms with Crippen LogP contribution in [-0.2, 0) is 6.54 Å². The van der Waals surface area contributed by atoms with Crippen molar-refractivity contribution in [1.29, 1.82) is 0 Å². The lowest BCUT2D eigenvalue weighted by Crippen LogP contribution is -2.40. The van der Waals surface area contributed by atoms with Gasteiger partial charge in [-0.1, -0.05) is 12.1 Å². The van der Waals surface area contributed by atoms with E-state index in [1.54, 1.807) is 7.05 Å². The molecule has 0 aliphatic rings. The topological polar surface area (TPSA) is 39.7 Å². The molecule has 0 spiro atoms. The number of benzene rings is 1. The molecule has 108 valence electrons. The molecule has 0 unspecified atom stereocenters. The average Bonchev–Trinajstić information content (AvgIpc) is 2.34. The van der Waals surface area contributed by atoms with E-state index in [4.69, 9.17) is 0 Å². The van der Waals surface area contributed by atoms with Crippen LogP contribution in [0.4, 0.5) is 5.69 Å². The van der Waals surface area contributed by atoms with Crippen LogP contribution in [0.5, 0.6) is 0 Å². The molecule has 0 fully saturated rings. The summed E-state index contributed by atoms with van der Waals surface area (Å²) >= 11 is 0. The molecule has 0 atom stereocenters. The van der Waals surface area contributed by atoms with Crippen LogP contribution in [0.3, 0.4) is 0 Å². The Labute approximate surface area is 133 Å². The second kappa shape index (κ2) is 9.01. The first-order chi connectivity index (χ1) is 8.52. The number of nitrogens with zero attached hydrogens (tertiary/aromatic N) is 2. The maximum Gasteiger partial charge on any atom is 0.191 e. The van der Waals surface area contributed by atoms with Crippen molar-refractivity contribution in [3.63, 3.8) is 0 Å². The molecule has 0 aliphatic heterocycles. The van der Waals surface area contributed by atoms with Crippen LogP contribution in [0, 0.1) is 0 Å². The largest absolute Gasteiger partial charge is 0.378 e. The number of hydrogen-bond acceptors (Lipinski definition) is 2. The third-order valence-corrected chi connectivity index (χ3v) is 2.56. The van der Waals surface area contributed by atoms with Gasteiger partial charge >= 0.3 is 0 Å². The average molecular weight is 376 g/mol. The third kappa shape index (κ3) is 6.66. The number of aliphatic imine (C=N–C) groups is 1. The van der Waals surface area contributed by atoms with Gasteiger partial charge in [-0.05, 0) is 31.5 Å². The Morgan fingerprint density at radius 3 is 2.21 bits per heavy atom. The molecule has 0 aromatic heterocycles. The molecule has 0 bridgehead atoms. The predicted molar refractivity (Wildman–Crippen MR) is 94.7 cm³/mol. The third-order valence-electron chi connectivity index (χ3n) is 2.56. The zero-order valence-electron chi connectivity index (χ0n) is 12.4. The fourth-order valence-electron chi connectivity index (χ4n) is 1.57. The number of rotatable bonds is 4. The molecule has 0 saturated carbocycles. The van der Waals surface area contributed by atoms with Crippen molar-refractivity contribution in [2.75, 3.05) is 26.0 Å². The summed E-state index contributed by atoms with van der Waals surface area (Å²) in [4.78, 5) is 6.27. The molecule has 5 heteroatoms. The SMILES string of the molecule is CN=C(NCc1ccc(N(C)C)cc1)NC(C)C.I. The van der Waals surface area contributed by atoms with Crippen LogP contribution in [-0.4, -0.2) is 33.1 Å². The van der Waals surface area contributed by atoms with E-state index >= 15 is 0 Å². The summed E-state index contributed by atoms with van der Waals surface area (Å²) in [6.07, 6.45) is 0. The van der Waals surface area contributed by atoms with Gasteiger partial charge in [-0.2, -0.15) is 0 Å². The molecule has 1 rings (SSSR count). The van der Waals surface area contributed by atoms with Gasteiger partial charge in [0.15, 0.2) is 5.96 Å². The molecule has 0 radical (unpaired) electrons. The smallest absolute Gasteiger partial charge is 0.191 e. The molecular weight excluding hydrogens is 351 g/mol. The fourth-order valence-corrected chi connectivity index (χ4v) is 1.57. The van der Waals surface area contributed by atoms with E-state index in [1.807, 2.05) is 14.1 Å². The Bertz CT molecular complexity index is 385. The first-order valence-electron chi connectivity index (χ1n) is 6.26. The quantitative estimate of drug-likeness (QED) is 0.482. The Morgan fingerprint density at radius 1 is 1.21 bits per heavy atom. The number of guanidine groups is 1. The molecule has 1 aromatic rings. The first kappa shape index (κ1) is 18.0. The zero-order valence-corrected chi connectivity index (χ0v) is 14.7. The molecule has 0 heterocycles. The van der Waals surface area contributed by atoms with Crippen molar-refractivity contribution < 1.29 is 0 Å². The molecule has 0 amide bonds. The van der Waals surface area contributed by atoms with E-state index in [-0.39, 0.29) is 24.0 Å². The van der Waals surface area contributed by atoms with Crippen LogP contribution in [0.2, 0.25) is 0 Å². The fraction of sp³-hybridized carbons (Fsp3) is 0.500. The highest BCUT2D eigenvalue weighted by molar-refractivity contribution is 14.0. The van der Waals surface area contributed by atoms with E-state index in [0.29, 0.717) is 6.04 Å². The molecule has 0 aliphatic carbocycles. The van der Waals surface area contributed by atoms with Crippen LogP contribution in [0.25, 0.3) is 0 Å². The summed E-state index contributed by atoms with van der Waals surface area (Å²) < 4.78 is 0. The van der Waals surface area contributed by atoms with Gasteiger partial charge in [0.05, 0.1) is 0 Å². The van der Waals surface area contributed by atoms with E-state index in [0.717, 1.165) is 12.5 Å². The minimum absolute atomic E-state index is 0. The summed E-state index contributed by atoms with van der Waals surface area (Å²) in [6, 6.07) is 8.88. The maximum absolute atomic E-state index is 4.18. The second-order valence-corrected chi connectivity index (χ2v) is 4.79. The number of halogens is 1. The summed E-state index contributed by atoms with van der Waals surface area (Å²) in [5, 5.41) is 6.55. The van der Waals surface area contributed by atoms with E-state index in [1.165, 1.54) is 11.3 Å². The van der Waals surface area contributed by atoms with Gasteiger partial charge in [-0.25, -0.2) is 0 Å². The second-order valence-electron chi connectivity index (χ2n) is 4.79. The molecule has 1 aromatic carbocycles. The highest BCUT2D eigenvalue weighted by atomic mass is 127. The molecule has 19 heavy (non-hydrogen) atoms. The molecule has 0 saturated heterocycles. The van der Waals surface area contributed by atoms with Crippen molar-refractivity contribution >= 4 is 35.6 Å². The van der Waals surface area contributed by atoms with Gasteiger partial charge in [0.25, 0.3) is 0 Å². The molecule has 4 nitrogen and oxygen atoms in total. The zero-order chi connectivity index (χ0) is 13.5. The van der Waals surface area contributed by atoms with Crippen molar-refractivity contribution in [3.05, 3.63) is 29.8 Å². The number of hydrogen-bond donors (Lipinski definition) is 2. The predicted octanol–water partition coefficient (Wildman–Crippen LogP) is 2.44. The van der Waals surface area contributed by atoms with Crippen LogP contribution >= 0.6 is 24.0 Å². The Kier molecular flexibility index (Phi) is 8.54. The highest BCUT2D eigenvalue weighted by Gasteiger charge is 2.00. The first-order valence-corrected chi connectivity index (χ1v) is 6.26. The van der Waals surface area contributed by atoms with Gasteiger partial charge in [0.1, 0.15) is 0 Å². The standard InChI is InChI=1S/C14H24N4.HI/c1-11(2)17-14(15-3)16-10-12-6-8-13(9-7-12)18(4)5;/h6-9,11H,10H2,1-5H3,(H2,15,16,17);1H. The van der Waals surface area contributed by atoms with E-state index in [2.05, 4.69) is 58.6 Å². The van der Waals surface area contributed by atoms with Crippen LogP contribution < -0.4 is 15.5 Å². The summed E-state index contributed by atoms with van der Waals surface area (Å²) in [5.41, 5.74) is 2.45. The minimum Gasteiger partial charge on any atom is -0.378 e. The molecule has 2 N–H and O–H groups in total. The van der Waals surface area contributed by atoms with Crippen molar-refractivity contribution in [2.45, 2.75) is 26.4 Å². The monoisotopic (exact) mass is 376 g/mol.